The third-order valence-corrected chi connectivity index (χ3v) is 5.63. The molecule has 3 aromatic rings. The minimum absolute atomic E-state index is 0.622. The Balaban J connectivity index is 1.60. The van der Waals surface area contributed by atoms with Crippen LogP contribution in [0.3, 0.4) is 0 Å². The quantitative estimate of drug-likeness (QED) is 0.522. The Morgan fingerprint density at radius 1 is 1.27 bits per heavy atom. The van der Waals surface area contributed by atoms with Crippen molar-refractivity contribution in [2.75, 3.05) is 18.5 Å². The molecule has 4 rings (SSSR count). The molecule has 110 valence electrons. The molecular weight excluding hydrogens is 316 g/mol. The maximum Gasteiger partial charge on any atom is 0.231 e. The van der Waals surface area contributed by atoms with E-state index in [1.165, 1.54) is 33.9 Å². The van der Waals surface area contributed by atoms with Gasteiger partial charge in [-0.1, -0.05) is 11.3 Å². The number of aromatic nitrogens is 1. The second-order valence-corrected chi connectivity index (χ2v) is 7.19. The number of rotatable bonds is 3. The molecule has 1 aromatic carbocycles. The van der Waals surface area contributed by atoms with E-state index in [9.17, 15) is 4.79 Å². The number of carbonyl (C=O) groups is 1. The molecule has 3 heterocycles. The van der Waals surface area contributed by atoms with Gasteiger partial charge in [-0.05, 0) is 36.2 Å². The Hall–Kier alpha value is -2.12. The SMILES string of the molecule is CN1CCc2cc(/N=N/c3nc4sc(C=O)cc4s3)ccc21. The van der Waals surface area contributed by atoms with Gasteiger partial charge in [0.05, 0.1) is 15.3 Å². The van der Waals surface area contributed by atoms with Crippen LogP contribution >= 0.6 is 22.7 Å². The van der Waals surface area contributed by atoms with Crippen LogP contribution in [-0.4, -0.2) is 24.9 Å². The van der Waals surface area contributed by atoms with Crippen molar-refractivity contribution < 1.29 is 4.79 Å². The standard InChI is InChI=1S/C15H12N4OS2/c1-19-5-4-9-6-10(2-3-12(9)19)17-18-15-16-14-13(22-15)7-11(8-20)21-14/h2-3,6-8H,4-5H2,1H3/b18-17+. The number of likely N-dealkylation sites (N-methyl/N-ethyl adjacent to an activating group) is 1. The number of hydrogen-bond donors (Lipinski definition) is 0. The monoisotopic (exact) mass is 328 g/mol. The molecule has 0 radical (unpaired) electrons. The Morgan fingerprint density at radius 2 is 2.18 bits per heavy atom. The molecule has 0 atom stereocenters. The summed E-state index contributed by atoms with van der Waals surface area (Å²) in [6.45, 7) is 1.05. The number of aldehydes is 1. The second-order valence-electron chi connectivity index (χ2n) is 5.12. The maximum absolute atomic E-state index is 10.7. The van der Waals surface area contributed by atoms with Gasteiger partial charge in [0.15, 0.2) is 6.29 Å². The molecule has 7 heteroatoms. The van der Waals surface area contributed by atoms with Crippen molar-refractivity contribution in [3.63, 3.8) is 0 Å². The van der Waals surface area contributed by atoms with E-state index in [0.29, 0.717) is 10.0 Å². The number of benzene rings is 1. The third-order valence-electron chi connectivity index (χ3n) is 3.66. The summed E-state index contributed by atoms with van der Waals surface area (Å²) in [6.07, 6.45) is 1.90. The summed E-state index contributed by atoms with van der Waals surface area (Å²) >= 11 is 2.83. The average Bonchev–Trinajstić information content (AvgIpc) is 3.18. The second kappa shape index (κ2) is 5.26. The van der Waals surface area contributed by atoms with Crippen LogP contribution in [-0.2, 0) is 6.42 Å². The Bertz CT molecular complexity index is 865. The maximum atomic E-state index is 10.7. The van der Waals surface area contributed by atoms with Crippen molar-refractivity contribution >= 4 is 55.0 Å². The molecule has 0 fully saturated rings. The first-order chi connectivity index (χ1) is 10.7. The van der Waals surface area contributed by atoms with E-state index in [1.807, 2.05) is 12.1 Å². The number of thiophene rings is 1. The lowest BCUT2D eigenvalue weighted by molar-refractivity contribution is 0.112. The van der Waals surface area contributed by atoms with E-state index >= 15 is 0 Å². The normalized spacial score (nSPS) is 14.1. The van der Waals surface area contributed by atoms with E-state index in [1.54, 1.807) is 0 Å². The summed E-state index contributed by atoms with van der Waals surface area (Å²) in [6, 6.07) is 8.00. The van der Waals surface area contributed by atoms with Gasteiger partial charge in [-0.2, -0.15) is 0 Å². The summed E-state index contributed by atoms with van der Waals surface area (Å²) in [4.78, 5) is 18.9. The zero-order valence-corrected chi connectivity index (χ0v) is 13.4. The van der Waals surface area contributed by atoms with Gasteiger partial charge in [-0.3, -0.25) is 4.79 Å². The summed E-state index contributed by atoms with van der Waals surface area (Å²) in [7, 11) is 2.10. The molecule has 0 N–H and O–H groups in total. The van der Waals surface area contributed by atoms with Crippen LogP contribution in [0, 0.1) is 0 Å². The lowest BCUT2D eigenvalue weighted by atomic mass is 10.1. The van der Waals surface area contributed by atoms with Crippen LogP contribution in [0.1, 0.15) is 15.2 Å². The fourth-order valence-corrected chi connectivity index (χ4v) is 4.41. The molecule has 0 spiro atoms. The topological polar surface area (TPSA) is 57.9 Å². The highest BCUT2D eigenvalue weighted by Crippen LogP contribution is 2.35. The predicted molar refractivity (Wildman–Crippen MR) is 90.5 cm³/mol. The molecule has 0 amide bonds. The van der Waals surface area contributed by atoms with Crippen LogP contribution in [0.25, 0.3) is 9.53 Å². The average molecular weight is 328 g/mol. The number of carbonyl (C=O) groups excluding carboxylic acids is 1. The highest BCUT2D eigenvalue weighted by molar-refractivity contribution is 7.29. The molecular formula is C15H12N4OS2. The Labute approximate surface area is 134 Å². The minimum atomic E-state index is 0.622. The van der Waals surface area contributed by atoms with Crippen molar-refractivity contribution in [1.29, 1.82) is 0 Å². The van der Waals surface area contributed by atoms with Gasteiger partial charge < -0.3 is 4.90 Å². The van der Waals surface area contributed by atoms with E-state index in [0.717, 1.165) is 34.5 Å². The summed E-state index contributed by atoms with van der Waals surface area (Å²) in [5.41, 5.74) is 3.44. The summed E-state index contributed by atoms with van der Waals surface area (Å²) in [5.74, 6) is 0. The van der Waals surface area contributed by atoms with Crippen LogP contribution in [0.15, 0.2) is 34.5 Å². The smallest absolute Gasteiger partial charge is 0.231 e. The van der Waals surface area contributed by atoms with E-state index < -0.39 is 0 Å². The van der Waals surface area contributed by atoms with Gasteiger partial charge in [0.25, 0.3) is 0 Å². The zero-order valence-electron chi connectivity index (χ0n) is 11.8. The Kier molecular flexibility index (Phi) is 3.24. The van der Waals surface area contributed by atoms with E-state index in [2.05, 4.69) is 39.3 Å². The lowest BCUT2D eigenvalue weighted by Gasteiger charge is -2.10. The molecule has 0 unspecified atom stereocenters. The van der Waals surface area contributed by atoms with Gasteiger partial charge in [0.2, 0.25) is 5.13 Å². The van der Waals surface area contributed by atoms with Crippen LogP contribution in [0.5, 0.6) is 0 Å². The molecule has 2 aromatic heterocycles. The van der Waals surface area contributed by atoms with Gasteiger partial charge in [0.1, 0.15) is 4.83 Å². The molecule has 1 aliphatic heterocycles. The van der Waals surface area contributed by atoms with E-state index in [4.69, 9.17) is 0 Å². The van der Waals surface area contributed by atoms with Gasteiger partial charge in [-0.15, -0.1) is 21.6 Å². The van der Waals surface area contributed by atoms with Crippen molar-refractivity contribution in [1.82, 2.24) is 4.98 Å². The molecule has 0 aliphatic carbocycles. The number of hydrogen-bond acceptors (Lipinski definition) is 7. The fraction of sp³-hybridized carbons (Fsp3) is 0.200. The minimum Gasteiger partial charge on any atom is -0.374 e. The summed E-state index contributed by atoms with van der Waals surface area (Å²) < 4.78 is 0.983. The highest BCUT2D eigenvalue weighted by Gasteiger charge is 2.15. The van der Waals surface area contributed by atoms with Gasteiger partial charge in [-0.25, -0.2) is 4.98 Å². The summed E-state index contributed by atoms with van der Waals surface area (Å²) in [5, 5.41) is 9.13. The Morgan fingerprint density at radius 3 is 3.00 bits per heavy atom. The lowest BCUT2D eigenvalue weighted by Crippen LogP contribution is -2.12. The number of nitrogens with zero attached hydrogens (tertiary/aromatic N) is 4. The molecule has 5 nitrogen and oxygen atoms in total. The van der Waals surface area contributed by atoms with Gasteiger partial charge in [0, 0.05) is 19.3 Å². The largest absolute Gasteiger partial charge is 0.374 e. The van der Waals surface area contributed by atoms with Crippen molar-refractivity contribution in [3.05, 3.63) is 34.7 Å². The fourth-order valence-electron chi connectivity index (χ4n) is 2.56. The van der Waals surface area contributed by atoms with Crippen molar-refractivity contribution in [2.24, 2.45) is 10.2 Å². The number of anilines is 1. The molecule has 22 heavy (non-hydrogen) atoms. The first-order valence-electron chi connectivity index (χ1n) is 6.84. The first-order valence-corrected chi connectivity index (χ1v) is 8.47. The van der Waals surface area contributed by atoms with Crippen LogP contribution in [0.4, 0.5) is 16.5 Å². The number of azo groups is 1. The van der Waals surface area contributed by atoms with E-state index in [-0.39, 0.29) is 0 Å². The van der Waals surface area contributed by atoms with Crippen LogP contribution in [0.2, 0.25) is 0 Å². The molecule has 0 bridgehead atoms. The van der Waals surface area contributed by atoms with Gasteiger partial charge >= 0.3 is 0 Å². The number of thiazole rings is 1. The molecule has 1 aliphatic rings. The zero-order chi connectivity index (χ0) is 15.1. The van der Waals surface area contributed by atoms with Crippen molar-refractivity contribution in [2.45, 2.75) is 6.42 Å². The first kappa shape index (κ1) is 13.5. The molecule has 0 saturated carbocycles. The third kappa shape index (κ3) is 2.32. The predicted octanol–water partition coefficient (Wildman–Crippen LogP) is 4.58. The molecule has 0 saturated heterocycles. The highest BCUT2D eigenvalue weighted by atomic mass is 32.1. The van der Waals surface area contributed by atoms with Crippen molar-refractivity contribution in [3.8, 4) is 0 Å². The van der Waals surface area contributed by atoms with Crippen LogP contribution < -0.4 is 4.90 Å². The number of fused-ring (bicyclic) bond motifs is 2.